The molecule has 29 heavy (non-hydrogen) atoms. The molecule has 2 amide bonds. The van der Waals surface area contributed by atoms with E-state index < -0.39 is 0 Å². The lowest BCUT2D eigenvalue weighted by atomic mass is 10.1. The van der Waals surface area contributed by atoms with E-state index in [2.05, 4.69) is 12.1 Å². The van der Waals surface area contributed by atoms with E-state index in [0.29, 0.717) is 32.6 Å². The Morgan fingerprint density at radius 2 is 1.45 bits per heavy atom. The summed E-state index contributed by atoms with van der Waals surface area (Å²) in [5.74, 6) is 0.197. The Morgan fingerprint density at radius 1 is 0.828 bits per heavy atom. The molecule has 3 rings (SSSR count). The van der Waals surface area contributed by atoms with Crippen LogP contribution in [0.2, 0.25) is 0 Å². The lowest BCUT2D eigenvalue weighted by molar-refractivity contribution is -0.139. The van der Waals surface area contributed by atoms with Crippen LogP contribution in [0.15, 0.2) is 42.5 Å². The molecule has 1 aromatic carbocycles. The molecular weight excluding hydrogens is 384 g/mol. The predicted molar refractivity (Wildman–Crippen MR) is 115 cm³/mol. The number of rotatable bonds is 8. The molecule has 5 nitrogen and oxygen atoms in total. The minimum Gasteiger partial charge on any atom is -0.339 e. The first-order valence-electron chi connectivity index (χ1n) is 10.2. The molecule has 0 aliphatic carbocycles. The molecule has 0 bridgehead atoms. The van der Waals surface area contributed by atoms with Crippen LogP contribution in [0.25, 0.3) is 0 Å². The maximum Gasteiger partial charge on any atom is 0.223 e. The average molecular weight is 413 g/mol. The number of ketones is 1. The van der Waals surface area contributed by atoms with E-state index in [-0.39, 0.29) is 30.4 Å². The molecule has 0 spiro atoms. The standard InChI is InChI=1S/C23H28N2O3S/c1-18-10-12-21(29-18)20(26)11-13-23(28)25-16-14-24(15-17-25)22(27)9-5-8-19-6-3-2-4-7-19/h2-4,6-7,10,12H,5,8-9,11,13-17H2,1H3. The van der Waals surface area contributed by atoms with E-state index in [4.69, 9.17) is 0 Å². The van der Waals surface area contributed by atoms with Gasteiger partial charge in [-0.2, -0.15) is 0 Å². The van der Waals surface area contributed by atoms with Gasteiger partial charge in [0.05, 0.1) is 4.88 Å². The number of aryl methyl sites for hydroxylation is 2. The highest BCUT2D eigenvalue weighted by molar-refractivity contribution is 7.14. The van der Waals surface area contributed by atoms with Gasteiger partial charge in [-0.3, -0.25) is 14.4 Å². The molecule has 6 heteroatoms. The maximum atomic E-state index is 12.4. The first-order valence-corrected chi connectivity index (χ1v) is 11.0. The smallest absolute Gasteiger partial charge is 0.223 e. The van der Waals surface area contributed by atoms with Gasteiger partial charge in [-0.25, -0.2) is 0 Å². The molecule has 0 unspecified atom stereocenters. The van der Waals surface area contributed by atoms with E-state index in [1.165, 1.54) is 16.9 Å². The second kappa shape index (κ2) is 10.3. The molecule has 2 heterocycles. The number of Topliss-reactive ketones (excluding diaryl/α,β-unsaturated/α-hetero) is 1. The molecule has 1 aromatic heterocycles. The summed E-state index contributed by atoms with van der Waals surface area (Å²) in [6.07, 6.45) is 2.77. The fourth-order valence-corrected chi connectivity index (χ4v) is 4.37. The molecule has 1 aliphatic heterocycles. The summed E-state index contributed by atoms with van der Waals surface area (Å²) in [5, 5.41) is 0. The number of thiophene rings is 1. The molecule has 0 N–H and O–H groups in total. The molecule has 1 aliphatic rings. The summed E-state index contributed by atoms with van der Waals surface area (Å²) >= 11 is 1.47. The Labute approximate surface area is 176 Å². The van der Waals surface area contributed by atoms with Crippen LogP contribution < -0.4 is 0 Å². The molecule has 0 radical (unpaired) electrons. The number of amides is 2. The van der Waals surface area contributed by atoms with Crippen LogP contribution in [0.3, 0.4) is 0 Å². The molecular formula is C23H28N2O3S. The van der Waals surface area contributed by atoms with Crippen LogP contribution in [-0.2, 0) is 16.0 Å². The third kappa shape index (κ3) is 6.26. The Balaban J connectivity index is 1.35. The van der Waals surface area contributed by atoms with Gasteiger partial charge in [0.25, 0.3) is 0 Å². The summed E-state index contributed by atoms with van der Waals surface area (Å²) in [4.78, 5) is 42.5. The van der Waals surface area contributed by atoms with Crippen molar-refractivity contribution in [2.75, 3.05) is 26.2 Å². The third-order valence-electron chi connectivity index (χ3n) is 5.27. The van der Waals surface area contributed by atoms with Crippen molar-refractivity contribution in [2.45, 2.75) is 39.0 Å². The number of carbonyl (C=O) groups is 3. The molecule has 0 saturated carbocycles. The van der Waals surface area contributed by atoms with Gasteiger partial charge in [0.2, 0.25) is 11.8 Å². The van der Waals surface area contributed by atoms with E-state index in [1.807, 2.05) is 42.2 Å². The van der Waals surface area contributed by atoms with Crippen LogP contribution in [0.5, 0.6) is 0 Å². The van der Waals surface area contributed by atoms with Crippen molar-refractivity contribution in [3.05, 3.63) is 57.8 Å². The fourth-order valence-electron chi connectivity index (χ4n) is 3.54. The summed E-state index contributed by atoms with van der Waals surface area (Å²) < 4.78 is 0. The second-order valence-electron chi connectivity index (χ2n) is 7.43. The van der Waals surface area contributed by atoms with Crippen molar-refractivity contribution in [3.63, 3.8) is 0 Å². The van der Waals surface area contributed by atoms with E-state index in [0.717, 1.165) is 22.6 Å². The summed E-state index contributed by atoms with van der Waals surface area (Å²) in [6, 6.07) is 13.9. The topological polar surface area (TPSA) is 57.7 Å². The average Bonchev–Trinajstić information content (AvgIpc) is 3.19. The lowest BCUT2D eigenvalue weighted by Gasteiger charge is -2.35. The fraction of sp³-hybridized carbons (Fsp3) is 0.435. The highest BCUT2D eigenvalue weighted by Gasteiger charge is 2.24. The van der Waals surface area contributed by atoms with Crippen LogP contribution in [0.1, 0.15) is 45.8 Å². The normalized spacial score (nSPS) is 14.1. The van der Waals surface area contributed by atoms with Crippen LogP contribution >= 0.6 is 11.3 Å². The zero-order valence-corrected chi connectivity index (χ0v) is 17.7. The molecule has 1 fully saturated rings. The van der Waals surface area contributed by atoms with Crippen LogP contribution in [0, 0.1) is 6.92 Å². The molecule has 0 atom stereocenters. The van der Waals surface area contributed by atoms with E-state index in [9.17, 15) is 14.4 Å². The van der Waals surface area contributed by atoms with Crippen molar-refractivity contribution < 1.29 is 14.4 Å². The van der Waals surface area contributed by atoms with Gasteiger partial charge in [-0.1, -0.05) is 30.3 Å². The second-order valence-corrected chi connectivity index (χ2v) is 8.72. The van der Waals surface area contributed by atoms with Gasteiger partial charge in [-0.15, -0.1) is 11.3 Å². The quantitative estimate of drug-likeness (QED) is 0.621. The van der Waals surface area contributed by atoms with Gasteiger partial charge in [0.1, 0.15) is 0 Å². The summed E-state index contributed by atoms with van der Waals surface area (Å²) in [6.45, 7) is 4.22. The predicted octanol–water partition coefficient (Wildman–Crippen LogP) is 3.71. The summed E-state index contributed by atoms with van der Waals surface area (Å²) in [5.41, 5.74) is 1.25. The van der Waals surface area contributed by atoms with E-state index >= 15 is 0 Å². The van der Waals surface area contributed by atoms with Crippen molar-refractivity contribution in [2.24, 2.45) is 0 Å². The van der Waals surface area contributed by atoms with Crippen LogP contribution in [-0.4, -0.2) is 53.6 Å². The summed E-state index contributed by atoms with van der Waals surface area (Å²) in [7, 11) is 0. The first-order chi connectivity index (χ1) is 14.0. The van der Waals surface area contributed by atoms with Gasteiger partial charge >= 0.3 is 0 Å². The van der Waals surface area contributed by atoms with Crippen molar-refractivity contribution in [1.29, 1.82) is 0 Å². The number of piperazine rings is 1. The van der Waals surface area contributed by atoms with E-state index in [1.54, 1.807) is 4.90 Å². The van der Waals surface area contributed by atoms with Gasteiger partial charge < -0.3 is 9.80 Å². The number of hydrogen-bond acceptors (Lipinski definition) is 4. The number of carbonyl (C=O) groups excluding carboxylic acids is 3. The van der Waals surface area contributed by atoms with Crippen molar-refractivity contribution in [3.8, 4) is 0 Å². The van der Waals surface area contributed by atoms with Gasteiger partial charge in [0.15, 0.2) is 5.78 Å². The Morgan fingerprint density at radius 3 is 2.03 bits per heavy atom. The monoisotopic (exact) mass is 412 g/mol. The van der Waals surface area contributed by atoms with Gasteiger partial charge in [-0.05, 0) is 37.5 Å². The Kier molecular flexibility index (Phi) is 7.58. The third-order valence-corrected chi connectivity index (χ3v) is 6.31. The first kappa shape index (κ1) is 21.2. The van der Waals surface area contributed by atoms with Crippen molar-refractivity contribution >= 4 is 28.9 Å². The zero-order valence-electron chi connectivity index (χ0n) is 16.9. The number of nitrogens with zero attached hydrogens (tertiary/aromatic N) is 2. The Bertz CT molecular complexity index is 839. The maximum absolute atomic E-state index is 12.4. The molecule has 1 saturated heterocycles. The minimum absolute atomic E-state index is 0.00260. The van der Waals surface area contributed by atoms with Crippen LogP contribution in [0.4, 0.5) is 0 Å². The lowest BCUT2D eigenvalue weighted by Crippen LogP contribution is -2.50. The molecule has 154 valence electrons. The number of hydrogen-bond donors (Lipinski definition) is 0. The SMILES string of the molecule is Cc1ccc(C(=O)CCC(=O)N2CCN(C(=O)CCCc3ccccc3)CC2)s1. The highest BCUT2D eigenvalue weighted by Crippen LogP contribution is 2.18. The van der Waals surface area contributed by atoms with Gasteiger partial charge in [0, 0.05) is 50.3 Å². The molecule has 2 aromatic rings. The number of benzene rings is 1. The minimum atomic E-state index is 0.00260. The zero-order chi connectivity index (χ0) is 20.6. The largest absolute Gasteiger partial charge is 0.339 e. The highest BCUT2D eigenvalue weighted by atomic mass is 32.1. The van der Waals surface area contributed by atoms with Crippen molar-refractivity contribution in [1.82, 2.24) is 9.80 Å². The Hall–Kier alpha value is -2.47.